The molecule has 2 aromatic rings. The molecule has 0 amide bonds. The van der Waals surface area contributed by atoms with Gasteiger partial charge in [-0.25, -0.2) is 4.68 Å². The van der Waals surface area contributed by atoms with E-state index in [4.69, 9.17) is 10.9 Å². The van der Waals surface area contributed by atoms with Crippen molar-refractivity contribution in [1.29, 1.82) is 0 Å². The van der Waals surface area contributed by atoms with E-state index in [2.05, 4.69) is 10.3 Å². The lowest BCUT2D eigenvalue weighted by Crippen LogP contribution is -2.30. The summed E-state index contributed by atoms with van der Waals surface area (Å²) in [5, 5.41) is 16.8. The smallest absolute Gasteiger partial charge is 0.275 e. The van der Waals surface area contributed by atoms with E-state index < -0.39 is 0 Å². The third-order valence-corrected chi connectivity index (χ3v) is 2.49. The Morgan fingerprint density at radius 3 is 2.76 bits per heavy atom. The first-order chi connectivity index (χ1) is 8.13. The molecule has 0 fully saturated rings. The Morgan fingerprint density at radius 2 is 2.12 bits per heavy atom. The lowest BCUT2D eigenvalue weighted by molar-refractivity contribution is 0.315. The quantitative estimate of drug-likeness (QED) is 0.340. The predicted octanol–water partition coefficient (Wildman–Crippen LogP) is 0.451. The number of amidine groups is 1. The highest BCUT2D eigenvalue weighted by atomic mass is 16.4. The standard InChI is InChI=1S/C11H12N4O2/c1-7-8-4-2-3-5-9(8)11(16)15(13-7)6-10(12)14-17/h2-5,17H,6H2,1H3,(H2,12,14). The van der Waals surface area contributed by atoms with Crippen LogP contribution in [0.25, 0.3) is 10.8 Å². The summed E-state index contributed by atoms with van der Waals surface area (Å²) in [4.78, 5) is 12.0. The van der Waals surface area contributed by atoms with E-state index in [-0.39, 0.29) is 17.9 Å². The van der Waals surface area contributed by atoms with E-state index in [1.54, 1.807) is 12.1 Å². The van der Waals surface area contributed by atoms with Gasteiger partial charge in [0.05, 0.1) is 11.1 Å². The van der Waals surface area contributed by atoms with Gasteiger partial charge in [0, 0.05) is 5.39 Å². The molecule has 3 N–H and O–H groups in total. The maximum Gasteiger partial charge on any atom is 0.275 e. The molecule has 0 aliphatic heterocycles. The Hall–Kier alpha value is -2.37. The Bertz CT molecular complexity index is 645. The molecule has 6 heteroatoms. The van der Waals surface area contributed by atoms with Crippen molar-refractivity contribution in [2.24, 2.45) is 10.9 Å². The third kappa shape index (κ3) is 1.96. The zero-order chi connectivity index (χ0) is 12.4. The highest BCUT2D eigenvalue weighted by Crippen LogP contribution is 2.11. The van der Waals surface area contributed by atoms with E-state index in [0.29, 0.717) is 5.39 Å². The van der Waals surface area contributed by atoms with E-state index in [9.17, 15) is 4.79 Å². The van der Waals surface area contributed by atoms with E-state index >= 15 is 0 Å². The van der Waals surface area contributed by atoms with E-state index in [1.807, 2.05) is 19.1 Å². The number of hydrogen-bond donors (Lipinski definition) is 2. The minimum atomic E-state index is -0.252. The van der Waals surface area contributed by atoms with Gasteiger partial charge in [-0.3, -0.25) is 4.79 Å². The number of nitrogens with two attached hydrogens (primary N) is 1. The van der Waals surface area contributed by atoms with Crippen LogP contribution in [-0.4, -0.2) is 20.8 Å². The SMILES string of the molecule is Cc1nn(C/C(N)=N/O)c(=O)c2ccccc12. The van der Waals surface area contributed by atoms with Crippen LogP contribution in [0.5, 0.6) is 0 Å². The van der Waals surface area contributed by atoms with Crippen LogP contribution in [0, 0.1) is 6.92 Å². The number of hydrogen-bond acceptors (Lipinski definition) is 4. The first-order valence-corrected chi connectivity index (χ1v) is 5.06. The number of aryl methyl sites for hydroxylation is 1. The number of nitrogens with zero attached hydrogens (tertiary/aromatic N) is 3. The Labute approximate surface area is 97.0 Å². The summed E-state index contributed by atoms with van der Waals surface area (Å²) in [6.07, 6.45) is 0. The molecular formula is C11H12N4O2. The first-order valence-electron chi connectivity index (χ1n) is 5.06. The van der Waals surface area contributed by atoms with Crippen molar-refractivity contribution in [3.8, 4) is 0 Å². The molecule has 17 heavy (non-hydrogen) atoms. The van der Waals surface area contributed by atoms with Crippen molar-refractivity contribution in [2.75, 3.05) is 0 Å². The molecule has 0 atom stereocenters. The van der Waals surface area contributed by atoms with E-state index in [0.717, 1.165) is 11.1 Å². The van der Waals surface area contributed by atoms with Gasteiger partial charge >= 0.3 is 0 Å². The first kappa shape index (κ1) is 11.1. The van der Waals surface area contributed by atoms with Crippen molar-refractivity contribution >= 4 is 16.6 Å². The Kier molecular flexibility index (Phi) is 2.78. The molecule has 1 heterocycles. The zero-order valence-electron chi connectivity index (χ0n) is 9.29. The van der Waals surface area contributed by atoms with Crippen LogP contribution in [-0.2, 0) is 6.54 Å². The molecular weight excluding hydrogens is 220 g/mol. The second-order valence-electron chi connectivity index (χ2n) is 3.69. The molecule has 0 saturated carbocycles. The molecule has 1 aromatic heterocycles. The minimum absolute atomic E-state index is 0.0268. The van der Waals surface area contributed by atoms with Crippen molar-refractivity contribution < 1.29 is 5.21 Å². The average Bonchev–Trinajstić information content (AvgIpc) is 2.35. The van der Waals surface area contributed by atoms with Gasteiger partial charge < -0.3 is 10.9 Å². The van der Waals surface area contributed by atoms with Crippen LogP contribution < -0.4 is 11.3 Å². The molecule has 1 aromatic carbocycles. The Morgan fingerprint density at radius 1 is 1.47 bits per heavy atom. The van der Waals surface area contributed by atoms with Crippen LogP contribution in [0.2, 0.25) is 0 Å². The maximum atomic E-state index is 12.0. The number of oxime groups is 1. The zero-order valence-corrected chi connectivity index (χ0v) is 9.29. The largest absolute Gasteiger partial charge is 0.409 e. The van der Waals surface area contributed by atoms with E-state index in [1.165, 1.54) is 4.68 Å². The average molecular weight is 232 g/mol. The molecule has 6 nitrogen and oxygen atoms in total. The van der Waals surface area contributed by atoms with Crippen LogP contribution in [0.4, 0.5) is 0 Å². The summed E-state index contributed by atoms with van der Waals surface area (Å²) in [5.74, 6) is -0.0609. The maximum absolute atomic E-state index is 12.0. The van der Waals surface area contributed by atoms with Crippen molar-refractivity contribution in [1.82, 2.24) is 9.78 Å². The summed E-state index contributed by atoms with van der Waals surface area (Å²) in [5.41, 5.74) is 5.84. The normalized spacial score (nSPS) is 11.9. The molecule has 0 bridgehead atoms. The molecule has 0 unspecified atom stereocenters. The fourth-order valence-electron chi connectivity index (χ4n) is 1.70. The van der Waals surface area contributed by atoms with Gasteiger partial charge in [-0.2, -0.15) is 5.10 Å². The van der Waals surface area contributed by atoms with Crippen molar-refractivity contribution in [2.45, 2.75) is 13.5 Å². The van der Waals surface area contributed by atoms with Crippen LogP contribution in [0.3, 0.4) is 0 Å². The van der Waals surface area contributed by atoms with Crippen LogP contribution >= 0.6 is 0 Å². The molecule has 0 aliphatic carbocycles. The second kappa shape index (κ2) is 4.25. The number of rotatable bonds is 2. The summed E-state index contributed by atoms with van der Waals surface area (Å²) in [6.45, 7) is 1.78. The van der Waals surface area contributed by atoms with Gasteiger partial charge in [-0.05, 0) is 13.0 Å². The van der Waals surface area contributed by atoms with Crippen molar-refractivity contribution in [3.05, 3.63) is 40.3 Å². The molecule has 0 aliphatic rings. The molecule has 0 radical (unpaired) electrons. The van der Waals surface area contributed by atoms with Crippen LogP contribution in [0.15, 0.2) is 34.2 Å². The number of benzene rings is 1. The van der Waals surface area contributed by atoms with Crippen molar-refractivity contribution in [3.63, 3.8) is 0 Å². The summed E-state index contributed by atoms with van der Waals surface area (Å²) < 4.78 is 1.19. The minimum Gasteiger partial charge on any atom is -0.409 e. The summed E-state index contributed by atoms with van der Waals surface area (Å²) in [7, 11) is 0. The number of fused-ring (bicyclic) bond motifs is 1. The van der Waals surface area contributed by atoms with Gasteiger partial charge in [0.2, 0.25) is 0 Å². The molecule has 0 saturated heterocycles. The summed E-state index contributed by atoms with van der Waals surface area (Å²) in [6, 6.07) is 7.21. The van der Waals surface area contributed by atoms with Gasteiger partial charge in [0.1, 0.15) is 6.54 Å². The monoisotopic (exact) mass is 232 g/mol. The topological polar surface area (TPSA) is 93.5 Å². The number of aromatic nitrogens is 2. The molecule has 0 spiro atoms. The van der Waals surface area contributed by atoms with Gasteiger partial charge in [-0.15, -0.1) is 0 Å². The van der Waals surface area contributed by atoms with Gasteiger partial charge in [-0.1, -0.05) is 23.4 Å². The van der Waals surface area contributed by atoms with Gasteiger partial charge in [0.15, 0.2) is 5.84 Å². The fraction of sp³-hybridized carbons (Fsp3) is 0.182. The van der Waals surface area contributed by atoms with Gasteiger partial charge in [0.25, 0.3) is 5.56 Å². The lowest BCUT2D eigenvalue weighted by atomic mass is 10.1. The summed E-state index contributed by atoms with van der Waals surface area (Å²) >= 11 is 0. The third-order valence-electron chi connectivity index (χ3n) is 2.49. The Balaban J connectivity index is 2.67. The highest BCUT2D eigenvalue weighted by molar-refractivity contribution is 5.84. The fourth-order valence-corrected chi connectivity index (χ4v) is 1.70. The van der Waals surface area contributed by atoms with Crippen LogP contribution in [0.1, 0.15) is 5.69 Å². The molecule has 2 rings (SSSR count). The second-order valence-corrected chi connectivity index (χ2v) is 3.69. The lowest BCUT2D eigenvalue weighted by Gasteiger charge is -2.07. The predicted molar refractivity (Wildman–Crippen MR) is 64.1 cm³/mol. The molecule has 88 valence electrons. The highest BCUT2D eigenvalue weighted by Gasteiger charge is 2.08.